The van der Waals surface area contributed by atoms with Gasteiger partial charge in [-0.3, -0.25) is 14.4 Å². The average Bonchev–Trinajstić information content (AvgIpc) is 3.41. The summed E-state index contributed by atoms with van der Waals surface area (Å²) in [5, 5.41) is 25.4. The predicted octanol–water partition coefficient (Wildman–Crippen LogP) is 1.62. The number of rotatable bonds is 13. The largest absolute Gasteiger partial charge is 0.497 e. The number of Topliss-reactive ketones (excluding diaryl/α,β-unsaturated/α-hetero) is 1. The Labute approximate surface area is 215 Å². The molecule has 1 saturated heterocycles. The number of carboxylic acid groups (broad SMARTS) is 1. The van der Waals surface area contributed by atoms with Gasteiger partial charge >= 0.3 is 6.09 Å². The molecule has 1 aliphatic heterocycles. The molecule has 37 heavy (non-hydrogen) atoms. The summed E-state index contributed by atoms with van der Waals surface area (Å²) in [5.74, 6) is -1.05. The number of hydrogen-bond acceptors (Lipinski definition) is 7. The number of nitriles is 1. The summed E-state index contributed by atoms with van der Waals surface area (Å²) < 4.78 is 10.5. The van der Waals surface area contributed by atoms with Crippen molar-refractivity contribution in [1.29, 1.82) is 5.26 Å². The van der Waals surface area contributed by atoms with E-state index in [1.807, 2.05) is 5.32 Å². The van der Waals surface area contributed by atoms with Crippen LogP contribution >= 0.6 is 0 Å². The highest BCUT2D eigenvalue weighted by Gasteiger charge is 2.50. The summed E-state index contributed by atoms with van der Waals surface area (Å²) in [6.07, 6.45) is 3.36. The van der Waals surface area contributed by atoms with Crippen molar-refractivity contribution in [2.45, 2.75) is 69.2 Å². The van der Waals surface area contributed by atoms with E-state index in [-0.39, 0.29) is 18.8 Å². The molecular formula is C26H32N4O7. The molecule has 1 fully saturated rings. The van der Waals surface area contributed by atoms with Crippen LogP contribution in [0.1, 0.15) is 44.6 Å². The van der Waals surface area contributed by atoms with Gasteiger partial charge in [-0.15, -0.1) is 0 Å². The molecule has 3 amide bonds. The van der Waals surface area contributed by atoms with Gasteiger partial charge in [0.2, 0.25) is 11.8 Å². The fourth-order valence-electron chi connectivity index (χ4n) is 4.21. The normalized spacial score (nSPS) is 20.4. The highest BCUT2D eigenvalue weighted by Crippen LogP contribution is 2.31. The van der Waals surface area contributed by atoms with Crippen LogP contribution in [0.15, 0.2) is 35.9 Å². The van der Waals surface area contributed by atoms with Crippen LogP contribution < -0.4 is 20.7 Å². The molecule has 0 bridgehead atoms. The van der Waals surface area contributed by atoms with Gasteiger partial charge in [-0.05, 0) is 50.3 Å². The van der Waals surface area contributed by atoms with E-state index in [0.717, 1.165) is 24.8 Å². The second kappa shape index (κ2) is 12.4. The van der Waals surface area contributed by atoms with Crippen molar-refractivity contribution in [2.24, 2.45) is 0 Å². The summed E-state index contributed by atoms with van der Waals surface area (Å²) in [7, 11) is 1.53. The van der Waals surface area contributed by atoms with Gasteiger partial charge in [0.1, 0.15) is 23.4 Å². The molecule has 1 aromatic carbocycles. The van der Waals surface area contributed by atoms with Crippen molar-refractivity contribution in [2.75, 3.05) is 13.7 Å². The number of ether oxygens (including phenoxy) is 2. The SMILES string of the molecule is COc1ccc(C[C@H](NC(=O)[C@H](CC#N)NC(=O)O)C(=O)N[C@@H](CC2=CCCC2)C(=O)[C@@]2(C)CO2)cc1. The number of ketones is 1. The maximum Gasteiger partial charge on any atom is 0.405 e. The molecule has 0 radical (unpaired) electrons. The van der Waals surface area contributed by atoms with Crippen molar-refractivity contribution in [3.63, 3.8) is 0 Å². The van der Waals surface area contributed by atoms with Crippen LogP contribution in [0.5, 0.6) is 5.75 Å². The maximum absolute atomic E-state index is 13.5. The Hall–Kier alpha value is -3.91. The number of nitrogens with zero attached hydrogens (tertiary/aromatic N) is 1. The standard InChI is InChI=1S/C26H32N4O7/c1-26(15-37-26)22(31)20(13-16-5-3-4-6-16)28-24(33)21(14-17-7-9-18(36-2)10-8-17)29-23(32)19(11-12-27)30-25(34)35/h5,7-10,19-21,30H,3-4,6,11,13-15H2,1-2H3,(H,28,33)(H,29,32)(H,34,35)/t19-,20-,21-,26+/m0/s1. The van der Waals surface area contributed by atoms with E-state index in [4.69, 9.17) is 19.8 Å². The van der Waals surface area contributed by atoms with E-state index >= 15 is 0 Å². The average molecular weight is 513 g/mol. The van der Waals surface area contributed by atoms with Crippen molar-refractivity contribution >= 4 is 23.7 Å². The lowest BCUT2D eigenvalue weighted by atomic mass is 9.94. The first-order valence-electron chi connectivity index (χ1n) is 12.1. The van der Waals surface area contributed by atoms with Gasteiger partial charge in [-0.25, -0.2) is 4.79 Å². The van der Waals surface area contributed by atoms with Crippen LogP contribution in [0, 0.1) is 11.3 Å². The van der Waals surface area contributed by atoms with Gasteiger partial charge in [0.15, 0.2) is 5.78 Å². The molecule has 2 aliphatic rings. The Morgan fingerprint density at radius 1 is 1.08 bits per heavy atom. The minimum Gasteiger partial charge on any atom is -0.497 e. The van der Waals surface area contributed by atoms with Crippen LogP contribution in [-0.2, 0) is 25.5 Å². The van der Waals surface area contributed by atoms with Gasteiger partial charge in [0.05, 0.1) is 32.2 Å². The molecule has 1 aliphatic carbocycles. The smallest absolute Gasteiger partial charge is 0.405 e. The second-order valence-electron chi connectivity index (χ2n) is 9.38. The lowest BCUT2D eigenvalue weighted by Crippen LogP contribution is -2.57. The molecule has 11 heteroatoms. The fraction of sp³-hybridized carbons (Fsp3) is 0.500. The highest BCUT2D eigenvalue weighted by molar-refractivity contribution is 5.98. The lowest BCUT2D eigenvalue weighted by molar-refractivity contribution is -0.133. The summed E-state index contributed by atoms with van der Waals surface area (Å²) in [6, 6.07) is 5.30. The Morgan fingerprint density at radius 3 is 2.27 bits per heavy atom. The van der Waals surface area contributed by atoms with Gasteiger partial charge in [-0.2, -0.15) is 5.26 Å². The molecule has 1 aromatic rings. The van der Waals surface area contributed by atoms with Crippen LogP contribution in [0.4, 0.5) is 4.79 Å². The zero-order valence-electron chi connectivity index (χ0n) is 20.9. The monoisotopic (exact) mass is 512 g/mol. The first-order chi connectivity index (χ1) is 17.6. The fourth-order valence-corrected chi connectivity index (χ4v) is 4.21. The summed E-state index contributed by atoms with van der Waals surface area (Å²) in [5.41, 5.74) is 0.830. The number of amides is 3. The number of allylic oxidation sites excluding steroid dienone is 1. The molecule has 198 valence electrons. The Morgan fingerprint density at radius 2 is 1.73 bits per heavy atom. The summed E-state index contributed by atoms with van der Waals surface area (Å²) in [4.78, 5) is 50.6. The Kier molecular flexibility index (Phi) is 9.25. The minimum absolute atomic E-state index is 0.0608. The van der Waals surface area contributed by atoms with Crippen molar-refractivity contribution in [3.05, 3.63) is 41.5 Å². The first-order valence-corrected chi connectivity index (χ1v) is 12.1. The molecule has 4 atom stereocenters. The van der Waals surface area contributed by atoms with Gasteiger partial charge < -0.3 is 30.5 Å². The molecule has 4 N–H and O–H groups in total. The van der Waals surface area contributed by atoms with Gasteiger partial charge in [0.25, 0.3) is 0 Å². The second-order valence-corrected chi connectivity index (χ2v) is 9.38. The molecule has 0 saturated carbocycles. The van der Waals surface area contributed by atoms with Gasteiger partial charge in [-0.1, -0.05) is 23.8 Å². The Balaban J connectivity index is 1.81. The van der Waals surface area contributed by atoms with Crippen molar-refractivity contribution < 1.29 is 33.8 Å². The number of carbonyl (C=O) groups excluding carboxylic acids is 3. The van der Waals surface area contributed by atoms with E-state index in [1.54, 1.807) is 37.3 Å². The zero-order valence-corrected chi connectivity index (χ0v) is 20.9. The van der Waals surface area contributed by atoms with Crippen molar-refractivity contribution in [1.82, 2.24) is 16.0 Å². The van der Waals surface area contributed by atoms with E-state index in [2.05, 4.69) is 16.7 Å². The lowest BCUT2D eigenvalue weighted by Gasteiger charge is -2.25. The van der Waals surface area contributed by atoms with E-state index in [0.29, 0.717) is 17.7 Å². The minimum atomic E-state index is -1.47. The van der Waals surface area contributed by atoms with Crippen LogP contribution in [-0.4, -0.2) is 66.2 Å². The third-order valence-corrected chi connectivity index (χ3v) is 6.47. The number of methoxy groups -OCH3 is 1. The quantitative estimate of drug-likeness (QED) is 0.228. The molecule has 0 unspecified atom stereocenters. The number of carbonyl (C=O) groups is 4. The first kappa shape index (κ1) is 27.7. The third-order valence-electron chi connectivity index (χ3n) is 6.47. The van der Waals surface area contributed by atoms with Gasteiger partial charge in [0, 0.05) is 6.42 Å². The topological polar surface area (TPSA) is 170 Å². The van der Waals surface area contributed by atoms with E-state index in [1.165, 1.54) is 7.11 Å². The van der Waals surface area contributed by atoms with Crippen LogP contribution in [0.3, 0.4) is 0 Å². The van der Waals surface area contributed by atoms with E-state index in [9.17, 15) is 19.2 Å². The van der Waals surface area contributed by atoms with Crippen LogP contribution in [0.2, 0.25) is 0 Å². The molecule has 0 spiro atoms. The number of hydrogen-bond donors (Lipinski definition) is 4. The highest BCUT2D eigenvalue weighted by atomic mass is 16.6. The predicted molar refractivity (Wildman–Crippen MR) is 132 cm³/mol. The third kappa shape index (κ3) is 7.79. The maximum atomic E-state index is 13.5. The number of nitrogens with one attached hydrogen (secondary N) is 3. The van der Waals surface area contributed by atoms with E-state index < -0.39 is 48.1 Å². The molecule has 0 aromatic heterocycles. The zero-order chi connectivity index (χ0) is 27.0. The number of epoxide rings is 1. The molecule has 1 heterocycles. The summed E-state index contributed by atoms with van der Waals surface area (Å²) >= 11 is 0. The molecule has 11 nitrogen and oxygen atoms in total. The Bertz CT molecular complexity index is 1090. The molecule has 3 rings (SSSR count). The molecular weight excluding hydrogens is 480 g/mol. The summed E-state index contributed by atoms with van der Waals surface area (Å²) in [6.45, 7) is 1.96. The number of benzene rings is 1. The van der Waals surface area contributed by atoms with Crippen LogP contribution in [0.25, 0.3) is 0 Å². The van der Waals surface area contributed by atoms with Crippen molar-refractivity contribution in [3.8, 4) is 11.8 Å².